The van der Waals surface area contributed by atoms with E-state index in [-0.39, 0.29) is 6.29 Å². The van der Waals surface area contributed by atoms with Crippen molar-refractivity contribution < 1.29 is 9.47 Å². The number of hydrogen-bond donors (Lipinski definition) is 1. The molecule has 2 aromatic heterocycles. The lowest BCUT2D eigenvalue weighted by atomic mass is 10.3. The van der Waals surface area contributed by atoms with Gasteiger partial charge in [0.1, 0.15) is 4.60 Å². The summed E-state index contributed by atoms with van der Waals surface area (Å²) in [5.74, 6) is 0. The number of aromatic amines is 1. The fourth-order valence-electron chi connectivity index (χ4n) is 1.66. The van der Waals surface area contributed by atoms with Gasteiger partial charge < -0.3 is 14.5 Å². The number of nitrogens with zero attached hydrogens (tertiary/aromatic N) is 1. The summed E-state index contributed by atoms with van der Waals surface area (Å²) >= 11 is 3.35. The Labute approximate surface area is 108 Å². The van der Waals surface area contributed by atoms with Gasteiger partial charge in [-0.25, -0.2) is 4.98 Å². The molecule has 0 aliphatic heterocycles. The third-order valence-electron chi connectivity index (χ3n) is 2.35. The lowest BCUT2D eigenvalue weighted by molar-refractivity contribution is -0.142. The third kappa shape index (κ3) is 2.86. The molecule has 2 rings (SSSR count). The maximum Gasteiger partial charge on any atom is 0.198 e. The zero-order chi connectivity index (χ0) is 12.3. The molecule has 0 saturated heterocycles. The maximum absolute atomic E-state index is 5.54. The van der Waals surface area contributed by atoms with E-state index in [1.165, 1.54) is 0 Å². The van der Waals surface area contributed by atoms with Crippen LogP contribution in [0.3, 0.4) is 0 Å². The molecular weight excluding hydrogens is 284 g/mol. The summed E-state index contributed by atoms with van der Waals surface area (Å²) in [4.78, 5) is 7.63. The van der Waals surface area contributed by atoms with Crippen LogP contribution in [0, 0.1) is 0 Å². The number of ether oxygens (including phenoxy) is 2. The zero-order valence-electron chi connectivity index (χ0n) is 9.87. The Morgan fingerprint density at radius 1 is 1.29 bits per heavy atom. The van der Waals surface area contributed by atoms with Crippen molar-refractivity contribution in [3.63, 3.8) is 0 Å². The fraction of sp³-hybridized carbons (Fsp3) is 0.417. The third-order valence-corrected chi connectivity index (χ3v) is 2.79. The summed E-state index contributed by atoms with van der Waals surface area (Å²) in [6, 6.07) is 5.83. The van der Waals surface area contributed by atoms with Gasteiger partial charge >= 0.3 is 0 Å². The van der Waals surface area contributed by atoms with E-state index in [2.05, 4.69) is 25.9 Å². The largest absolute Gasteiger partial charge is 0.353 e. The number of fused-ring (bicyclic) bond motifs is 1. The van der Waals surface area contributed by atoms with Crippen molar-refractivity contribution in [2.75, 3.05) is 13.2 Å². The first-order valence-corrected chi connectivity index (χ1v) is 6.42. The van der Waals surface area contributed by atoms with Gasteiger partial charge in [-0.3, -0.25) is 0 Å². The summed E-state index contributed by atoms with van der Waals surface area (Å²) in [5, 5.41) is 0. The lowest BCUT2D eigenvalue weighted by Crippen LogP contribution is -2.08. The highest BCUT2D eigenvalue weighted by Crippen LogP contribution is 2.23. The van der Waals surface area contributed by atoms with E-state index in [0.29, 0.717) is 13.2 Å². The minimum atomic E-state index is -0.349. The molecule has 4 nitrogen and oxygen atoms in total. The van der Waals surface area contributed by atoms with Crippen molar-refractivity contribution in [3.05, 3.63) is 28.5 Å². The number of rotatable bonds is 5. The Kier molecular flexibility index (Phi) is 4.15. The minimum absolute atomic E-state index is 0.349. The van der Waals surface area contributed by atoms with Gasteiger partial charge in [0, 0.05) is 13.2 Å². The molecule has 0 fully saturated rings. The molecule has 0 aromatic carbocycles. The quantitative estimate of drug-likeness (QED) is 0.680. The van der Waals surface area contributed by atoms with E-state index in [4.69, 9.17) is 9.47 Å². The van der Waals surface area contributed by atoms with Gasteiger partial charge in [-0.15, -0.1) is 0 Å². The Morgan fingerprint density at radius 2 is 2.00 bits per heavy atom. The van der Waals surface area contributed by atoms with Crippen molar-refractivity contribution in [1.29, 1.82) is 0 Å². The average Bonchev–Trinajstić information content (AvgIpc) is 2.71. The smallest absolute Gasteiger partial charge is 0.198 e. The number of nitrogens with one attached hydrogen (secondary N) is 1. The Hall–Kier alpha value is -0.910. The first-order valence-electron chi connectivity index (χ1n) is 5.63. The monoisotopic (exact) mass is 298 g/mol. The molecule has 0 amide bonds. The second kappa shape index (κ2) is 5.62. The molecule has 0 spiro atoms. The molecular formula is C12H15BrN2O2. The molecule has 5 heteroatoms. The summed E-state index contributed by atoms with van der Waals surface area (Å²) < 4.78 is 11.9. The second-order valence-electron chi connectivity index (χ2n) is 3.53. The molecule has 0 radical (unpaired) electrons. The highest BCUT2D eigenvalue weighted by molar-refractivity contribution is 9.10. The predicted molar refractivity (Wildman–Crippen MR) is 69.8 cm³/mol. The molecule has 17 heavy (non-hydrogen) atoms. The average molecular weight is 299 g/mol. The predicted octanol–water partition coefficient (Wildman–Crippen LogP) is 3.40. The molecule has 0 bridgehead atoms. The van der Waals surface area contributed by atoms with E-state index in [0.717, 1.165) is 21.3 Å². The molecule has 0 unspecified atom stereocenters. The van der Waals surface area contributed by atoms with Crippen LogP contribution in [0.1, 0.15) is 25.8 Å². The highest BCUT2D eigenvalue weighted by Gasteiger charge is 2.14. The summed E-state index contributed by atoms with van der Waals surface area (Å²) in [7, 11) is 0. The lowest BCUT2D eigenvalue weighted by Gasteiger charge is -2.14. The van der Waals surface area contributed by atoms with Crippen molar-refractivity contribution in [2.45, 2.75) is 20.1 Å². The first kappa shape index (κ1) is 12.5. The van der Waals surface area contributed by atoms with Gasteiger partial charge in [0.15, 0.2) is 6.29 Å². The number of hydrogen-bond acceptors (Lipinski definition) is 3. The Morgan fingerprint density at radius 3 is 2.65 bits per heavy atom. The molecule has 0 atom stereocenters. The topological polar surface area (TPSA) is 47.1 Å². The van der Waals surface area contributed by atoms with Crippen LogP contribution in [-0.4, -0.2) is 23.2 Å². The van der Waals surface area contributed by atoms with Crippen LogP contribution in [0.4, 0.5) is 0 Å². The standard InChI is InChI=1S/C12H15BrN2O2/c1-3-16-12(17-4-2)10-7-9-8(14-10)5-6-11(13)15-9/h5-7,12,14H,3-4H2,1-2H3. The van der Waals surface area contributed by atoms with Crippen LogP contribution >= 0.6 is 15.9 Å². The summed E-state index contributed by atoms with van der Waals surface area (Å²) in [5.41, 5.74) is 2.78. The fourth-order valence-corrected chi connectivity index (χ4v) is 1.99. The maximum atomic E-state index is 5.54. The molecule has 0 aliphatic carbocycles. The van der Waals surface area contributed by atoms with Crippen LogP contribution in [0.5, 0.6) is 0 Å². The van der Waals surface area contributed by atoms with Crippen LogP contribution in [-0.2, 0) is 9.47 Å². The van der Waals surface area contributed by atoms with E-state index >= 15 is 0 Å². The van der Waals surface area contributed by atoms with E-state index < -0.39 is 0 Å². The minimum Gasteiger partial charge on any atom is -0.353 e. The SMILES string of the molecule is CCOC(OCC)c1cc2nc(Br)ccc2[nH]1. The molecule has 2 aromatic rings. The van der Waals surface area contributed by atoms with Crippen molar-refractivity contribution in [2.24, 2.45) is 0 Å². The van der Waals surface area contributed by atoms with Gasteiger partial charge in [0.25, 0.3) is 0 Å². The van der Waals surface area contributed by atoms with E-state index in [1.54, 1.807) is 0 Å². The first-order chi connectivity index (χ1) is 8.24. The summed E-state index contributed by atoms with van der Waals surface area (Å²) in [6.45, 7) is 5.11. The van der Waals surface area contributed by atoms with E-state index in [1.807, 2.05) is 32.0 Å². The molecule has 0 saturated carbocycles. The summed E-state index contributed by atoms with van der Waals surface area (Å²) in [6.07, 6.45) is -0.349. The molecule has 2 heterocycles. The Balaban J connectivity index is 2.33. The van der Waals surface area contributed by atoms with Gasteiger partial charge in [-0.2, -0.15) is 0 Å². The van der Waals surface area contributed by atoms with Crippen LogP contribution < -0.4 is 0 Å². The van der Waals surface area contributed by atoms with E-state index in [9.17, 15) is 0 Å². The van der Waals surface area contributed by atoms with Crippen molar-refractivity contribution >= 4 is 27.0 Å². The number of H-pyrrole nitrogens is 1. The highest BCUT2D eigenvalue weighted by atomic mass is 79.9. The number of aromatic nitrogens is 2. The van der Waals surface area contributed by atoms with Gasteiger partial charge in [-0.1, -0.05) is 0 Å². The number of halogens is 1. The van der Waals surface area contributed by atoms with Crippen molar-refractivity contribution in [3.8, 4) is 0 Å². The van der Waals surface area contributed by atoms with Gasteiger partial charge in [0.2, 0.25) is 0 Å². The van der Waals surface area contributed by atoms with Crippen LogP contribution in [0.2, 0.25) is 0 Å². The number of pyridine rings is 1. The molecule has 92 valence electrons. The van der Waals surface area contributed by atoms with Crippen LogP contribution in [0.25, 0.3) is 11.0 Å². The second-order valence-corrected chi connectivity index (χ2v) is 4.35. The van der Waals surface area contributed by atoms with Crippen LogP contribution in [0.15, 0.2) is 22.8 Å². The zero-order valence-corrected chi connectivity index (χ0v) is 11.5. The van der Waals surface area contributed by atoms with Gasteiger partial charge in [0.05, 0.1) is 16.7 Å². The molecule has 1 N–H and O–H groups in total. The van der Waals surface area contributed by atoms with Crippen molar-refractivity contribution in [1.82, 2.24) is 9.97 Å². The molecule has 0 aliphatic rings. The van der Waals surface area contributed by atoms with Gasteiger partial charge in [-0.05, 0) is 48.0 Å². The normalized spacial score (nSPS) is 11.5. The Bertz CT molecular complexity index is 492.